The Morgan fingerprint density at radius 1 is 1.37 bits per heavy atom. The molecule has 9 heteroatoms. The van der Waals surface area contributed by atoms with Gasteiger partial charge in [-0.15, -0.1) is 11.3 Å². The van der Waals surface area contributed by atoms with E-state index in [2.05, 4.69) is 10.3 Å². The van der Waals surface area contributed by atoms with Gasteiger partial charge in [0.1, 0.15) is 10.6 Å². The molecule has 1 aliphatic heterocycles. The first-order chi connectivity index (χ1) is 14.3. The Bertz CT molecular complexity index is 1230. The summed E-state index contributed by atoms with van der Waals surface area (Å²) in [5.41, 5.74) is 0.621. The molecular weight excluding hydrogens is 422 g/mol. The molecule has 3 heterocycles. The molecule has 1 aliphatic rings. The van der Waals surface area contributed by atoms with Crippen molar-refractivity contribution in [2.45, 2.75) is 44.5 Å². The highest BCUT2D eigenvalue weighted by molar-refractivity contribution is 7.98. The zero-order valence-corrected chi connectivity index (χ0v) is 18.6. The molecule has 7 nitrogen and oxygen atoms in total. The molecule has 2 aromatic heterocycles. The highest BCUT2D eigenvalue weighted by Crippen LogP contribution is 2.32. The van der Waals surface area contributed by atoms with Gasteiger partial charge < -0.3 is 10.1 Å². The lowest BCUT2D eigenvalue weighted by molar-refractivity contribution is -0.122. The zero-order chi connectivity index (χ0) is 21.6. The van der Waals surface area contributed by atoms with Gasteiger partial charge in [0.15, 0.2) is 17.0 Å². The van der Waals surface area contributed by atoms with Crippen molar-refractivity contribution in [3.63, 3.8) is 0 Å². The van der Waals surface area contributed by atoms with Gasteiger partial charge in [-0.25, -0.2) is 4.98 Å². The number of benzene rings is 1. The minimum absolute atomic E-state index is 0.218. The lowest BCUT2D eigenvalue weighted by Crippen LogP contribution is -2.34. The SMILES string of the molecule is CCc1cc2c(=O)n(C(C)C(=O)c3ccc4c(c3)NC(=O)C(C)O4)c(SC)nc2s1. The van der Waals surface area contributed by atoms with Gasteiger partial charge in [-0.2, -0.15) is 0 Å². The van der Waals surface area contributed by atoms with Crippen LogP contribution < -0.4 is 15.6 Å². The molecule has 4 rings (SSSR count). The van der Waals surface area contributed by atoms with Crippen molar-refractivity contribution in [1.29, 1.82) is 0 Å². The van der Waals surface area contributed by atoms with Gasteiger partial charge in [-0.05, 0) is 50.8 Å². The van der Waals surface area contributed by atoms with Crippen molar-refractivity contribution in [2.75, 3.05) is 11.6 Å². The van der Waals surface area contributed by atoms with Gasteiger partial charge in [0.25, 0.3) is 11.5 Å². The first-order valence-electron chi connectivity index (χ1n) is 9.58. The maximum absolute atomic E-state index is 13.2. The summed E-state index contributed by atoms with van der Waals surface area (Å²) < 4.78 is 7.01. The first kappa shape index (κ1) is 20.6. The largest absolute Gasteiger partial charge is 0.479 e. The maximum atomic E-state index is 13.2. The van der Waals surface area contributed by atoms with E-state index < -0.39 is 12.1 Å². The molecule has 0 spiro atoms. The minimum Gasteiger partial charge on any atom is -0.479 e. The fourth-order valence-electron chi connectivity index (χ4n) is 3.41. The maximum Gasteiger partial charge on any atom is 0.265 e. The van der Waals surface area contributed by atoms with Gasteiger partial charge in [0.05, 0.1) is 17.1 Å². The molecule has 0 bridgehead atoms. The van der Waals surface area contributed by atoms with Crippen molar-refractivity contribution in [3.05, 3.63) is 45.1 Å². The smallest absolute Gasteiger partial charge is 0.265 e. The topological polar surface area (TPSA) is 90.3 Å². The normalized spacial score (nSPS) is 16.7. The highest BCUT2D eigenvalue weighted by Gasteiger charge is 2.27. The monoisotopic (exact) mass is 443 g/mol. The molecule has 156 valence electrons. The Morgan fingerprint density at radius 3 is 2.83 bits per heavy atom. The Hall–Kier alpha value is -2.65. The number of ketones is 1. The Morgan fingerprint density at radius 2 is 2.13 bits per heavy atom. The number of aryl methyl sites for hydroxylation is 1. The van der Waals surface area contributed by atoms with Crippen LogP contribution in [0.15, 0.2) is 34.2 Å². The van der Waals surface area contributed by atoms with Crippen LogP contribution in [0, 0.1) is 0 Å². The van der Waals surface area contributed by atoms with Gasteiger partial charge in [-0.3, -0.25) is 19.0 Å². The average Bonchev–Trinajstić information content (AvgIpc) is 3.17. The molecule has 1 aromatic carbocycles. The summed E-state index contributed by atoms with van der Waals surface area (Å²) in [7, 11) is 0. The van der Waals surface area contributed by atoms with Gasteiger partial charge in [0.2, 0.25) is 0 Å². The summed E-state index contributed by atoms with van der Waals surface area (Å²) in [6, 6.07) is 6.02. The second kappa shape index (κ2) is 7.88. The molecule has 0 aliphatic carbocycles. The second-order valence-corrected chi connectivity index (χ2v) is 8.95. The number of anilines is 1. The fraction of sp³-hybridized carbons (Fsp3) is 0.333. The number of nitrogens with one attached hydrogen (secondary N) is 1. The number of carbonyl (C=O) groups excluding carboxylic acids is 2. The van der Waals surface area contributed by atoms with Crippen LogP contribution in [0.2, 0.25) is 0 Å². The van der Waals surface area contributed by atoms with E-state index in [1.807, 2.05) is 19.2 Å². The summed E-state index contributed by atoms with van der Waals surface area (Å²) in [5.74, 6) is 0.0109. The van der Waals surface area contributed by atoms with E-state index in [0.717, 1.165) is 11.3 Å². The Balaban J connectivity index is 1.75. The summed E-state index contributed by atoms with van der Waals surface area (Å²) in [5, 5.41) is 3.79. The second-order valence-electron chi connectivity index (χ2n) is 7.06. The van der Waals surface area contributed by atoms with Crippen LogP contribution >= 0.6 is 23.1 Å². The number of hydrogen-bond donors (Lipinski definition) is 1. The molecule has 0 fully saturated rings. The fourth-order valence-corrected chi connectivity index (χ4v) is 5.04. The van der Waals surface area contributed by atoms with E-state index in [0.29, 0.717) is 32.4 Å². The highest BCUT2D eigenvalue weighted by atomic mass is 32.2. The zero-order valence-electron chi connectivity index (χ0n) is 17.0. The molecule has 3 aromatic rings. The van der Waals surface area contributed by atoms with E-state index in [1.165, 1.54) is 27.7 Å². The quantitative estimate of drug-likeness (QED) is 0.365. The number of fused-ring (bicyclic) bond motifs is 2. The predicted molar refractivity (Wildman–Crippen MR) is 119 cm³/mol. The summed E-state index contributed by atoms with van der Waals surface area (Å²) >= 11 is 2.84. The molecule has 0 saturated carbocycles. The van der Waals surface area contributed by atoms with E-state index in [1.54, 1.807) is 32.0 Å². The average molecular weight is 444 g/mol. The van der Waals surface area contributed by atoms with Crippen LogP contribution in [-0.2, 0) is 11.2 Å². The van der Waals surface area contributed by atoms with Crippen LogP contribution in [0.25, 0.3) is 10.2 Å². The van der Waals surface area contributed by atoms with E-state index >= 15 is 0 Å². The number of ether oxygens (including phenoxy) is 1. The lowest BCUT2D eigenvalue weighted by Gasteiger charge is -2.24. The summed E-state index contributed by atoms with van der Waals surface area (Å²) in [6.45, 7) is 5.39. The molecule has 1 amide bonds. The molecule has 2 unspecified atom stereocenters. The molecule has 0 radical (unpaired) electrons. The van der Waals surface area contributed by atoms with Crippen molar-refractivity contribution < 1.29 is 14.3 Å². The van der Waals surface area contributed by atoms with Crippen LogP contribution in [0.3, 0.4) is 0 Å². The number of thiophene rings is 1. The third kappa shape index (κ3) is 3.41. The molecule has 1 N–H and O–H groups in total. The van der Waals surface area contributed by atoms with Crippen molar-refractivity contribution in [1.82, 2.24) is 9.55 Å². The van der Waals surface area contributed by atoms with Gasteiger partial charge >= 0.3 is 0 Å². The lowest BCUT2D eigenvalue weighted by atomic mass is 10.0. The Labute approximate surface area is 181 Å². The third-order valence-electron chi connectivity index (χ3n) is 5.11. The number of carbonyl (C=O) groups is 2. The van der Waals surface area contributed by atoms with Gasteiger partial charge in [0, 0.05) is 10.4 Å². The van der Waals surface area contributed by atoms with Crippen molar-refractivity contribution in [3.8, 4) is 5.75 Å². The number of hydrogen-bond acceptors (Lipinski definition) is 7. The van der Waals surface area contributed by atoms with E-state index in [9.17, 15) is 14.4 Å². The number of rotatable bonds is 5. The molecule has 30 heavy (non-hydrogen) atoms. The number of amides is 1. The van der Waals surface area contributed by atoms with E-state index in [4.69, 9.17) is 4.74 Å². The number of nitrogens with zero attached hydrogens (tertiary/aromatic N) is 2. The molecule has 0 saturated heterocycles. The van der Waals surface area contributed by atoms with Crippen molar-refractivity contribution >= 4 is 50.7 Å². The third-order valence-corrected chi connectivity index (χ3v) is 6.94. The van der Waals surface area contributed by atoms with Crippen LogP contribution in [-0.4, -0.2) is 33.6 Å². The van der Waals surface area contributed by atoms with E-state index in [-0.39, 0.29) is 17.2 Å². The number of Topliss-reactive ketones (excluding diaryl/α,β-unsaturated/α-hetero) is 1. The van der Waals surface area contributed by atoms with Crippen molar-refractivity contribution in [2.24, 2.45) is 0 Å². The van der Waals surface area contributed by atoms with Gasteiger partial charge in [-0.1, -0.05) is 18.7 Å². The predicted octanol–water partition coefficient (Wildman–Crippen LogP) is 3.91. The number of aromatic nitrogens is 2. The molecule has 2 atom stereocenters. The summed E-state index contributed by atoms with van der Waals surface area (Å²) in [6.07, 6.45) is 2.07. The van der Waals surface area contributed by atoms with Crippen LogP contribution in [0.1, 0.15) is 42.0 Å². The van der Waals surface area contributed by atoms with Crippen LogP contribution in [0.4, 0.5) is 5.69 Å². The minimum atomic E-state index is -0.751. The molecular formula is C21H21N3O4S2. The summed E-state index contributed by atoms with van der Waals surface area (Å²) in [4.78, 5) is 44.8. The van der Waals surface area contributed by atoms with Crippen LogP contribution in [0.5, 0.6) is 5.75 Å². The number of thioether (sulfide) groups is 1. The Kier molecular flexibility index (Phi) is 5.42. The first-order valence-corrected chi connectivity index (χ1v) is 11.6. The standard InChI is InChI=1S/C21H21N3O4S2/c1-5-13-9-14-19(30-13)23-21(29-4)24(20(14)27)10(2)17(25)12-6-7-16-15(8-12)22-18(26)11(3)28-16/h6-11H,5H2,1-4H3,(H,22,26).